The summed E-state index contributed by atoms with van der Waals surface area (Å²) in [6.07, 6.45) is -1.30. The molecular weight excluding hydrogens is 236 g/mol. The van der Waals surface area contributed by atoms with E-state index in [4.69, 9.17) is 5.73 Å². The van der Waals surface area contributed by atoms with Crippen molar-refractivity contribution in [2.75, 3.05) is 37.7 Å². The second kappa shape index (κ2) is 5.52. The van der Waals surface area contributed by atoms with Crippen LogP contribution in [-0.4, -0.2) is 31.6 Å². The van der Waals surface area contributed by atoms with Gasteiger partial charge in [-0.1, -0.05) is 6.07 Å². The Labute approximate surface area is 106 Å². The number of halogens is 2. The molecule has 3 N–H and O–H groups in total. The van der Waals surface area contributed by atoms with Crippen LogP contribution < -0.4 is 11.1 Å². The molecule has 1 aliphatic rings. The standard InChI is InChI=1S/C13H19F2N3/c1-18-5-4-9(8-18)7-17-12-3-2-10(13(14)15)6-11(12)16/h2-3,6,9,13,17H,4-5,7-8,16H2,1H3. The summed E-state index contributed by atoms with van der Waals surface area (Å²) in [4.78, 5) is 2.29. The van der Waals surface area contributed by atoms with Crippen LogP contribution in [0.25, 0.3) is 0 Å². The van der Waals surface area contributed by atoms with Crippen LogP contribution in [0.2, 0.25) is 0 Å². The number of benzene rings is 1. The van der Waals surface area contributed by atoms with Gasteiger partial charge in [0.2, 0.25) is 0 Å². The summed E-state index contributed by atoms with van der Waals surface area (Å²) in [6, 6.07) is 4.40. The van der Waals surface area contributed by atoms with Crippen molar-refractivity contribution in [3.63, 3.8) is 0 Å². The van der Waals surface area contributed by atoms with Gasteiger partial charge in [0, 0.05) is 18.7 Å². The molecule has 5 heteroatoms. The second-order valence-electron chi connectivity index (χ2n) is 4.95. The van der Waals surface area contributed by atoms with Crippen molar-refractivity contribution in [3.05, 3.63) is 23.8 Å². The number of anilines is 2. The zero-order valence-corrected chi connectivity index (χ0v) is 10.5. The molecule has 0 saturated carbocycles. The Morgan fingerprint density at radius 1 is 1.50 bits per heavy atom. The first-order valence-electron chi connectivity index (χ1n) is 6.16. The lowest BCUT2D eigenvalue weighted by molar-refractivity contribution is 0.151. The van der Waals surface area contributed by atoms with E-state index in [0.29, 0.717) is 11.6 Å². The largest absolute Gasteiger partial charge is 0.397 e. The summed E-state index contributed by atoms with van der Waals surface area (Å²) in [7, 11) is 2.10. The fourth-order valence-corrected chi connectivity index (χ4v) is 2.33. The summed E-state index contributed by atoms with van der Waals surface area (Å²) in [5, 5.41) is 3.25. The molecule has 2 rings (SSSR count). The Hall–Kier alpha value is -1.36. The number of nitrogens with zero attached hydrogens (tertiary/aromatic N) is 1. The van der Waals surface area contributed by atoms with Crippen molar-refractivity contribution in [1.29, 1.82) is 0 Å². The smallest absolute Gasteiger partial charge is 0.263 e. The molecule has 3 nitrogen and oxygen atoms in total. The summed E-state index contributed by atoms with van der Waals surface area (Å²) in [5.41, 5.74) is 6.87. The molecule has 0 aliphatic carbocycles. The van der Waals surface area contributed by atoms with Gasteiger partial charge in [0.05, 0.1) is 11.4 Å². The van der Waals surface area contributed by atoms with Gasteiger partial charge in [-0.15, -0.1) is 0 Å². The van der Waals surface area contributed by atoms with Crippen LogP contribution in [0.15, 0.2) is 18.2 Å². The van der Waals surface area contributed by atoms with E-state index in [1.54, 1.807) is 6.07 Å². The number of nitrogens with one attached hydrogen (secondary N) is 1. The fraction of sp³-hybridized carbons (Fsp3) is 0.538. The van der Waals surface area contributed by atoms with Crippen LogP contribution in [0.3, 0.4) is 0 Å². The maximum atomic E-state index is 12.5. The molecule has 1 fully saturated rings. The first kappa shape index (κ1) is 13.1. The zero-order chi connectivity index (χ0) is 13.1. The lowest BCUT2D eigenvalue weighted by Gasteiger charge is -2.14. The van der Waals surface area contributed by atoms with Gasteiger partial charge in [-0.3, -0.25) is 0 Å². The minimum absolute atomic E-state index is 0.0290. The third kappa shape index (κ3) is 3.10. The van der Waals surface area contributed by atoms with Gasteiger partial charge in [-0.25, -0.2) is 8.78 Å². The Kier molecular flexibility index (Phi) is 4.01. The van der Waals surface area contributed by atoms with Crippen LogP contribution in [0.1, 0.15) is 18.4 Å². The quantitative estimate of drug-likeness (QED) is 0.812. The first-order chi connectivity index (χ1) is 8.56. The lowest BCUT2D eigenvalue weighted by atomic mass is 10.1. The number of nitrogens with two attached hydrogens (primary N) is 1. The van der Waals surface area contributed by atoms with E-state index < -0.39 is 6.43 Å². The summed E-state index contributed by atoms with van der Waals surface area (Å²) < 4.78 is 24.9. The van der Waals surface area contributed by atoms with Crippen molar-refractivity contribution >= 4 is 11.4 Å². The minimum Gasteiger partial charge on any atom is -0.397 e. The second-order valence-corrected chi connectivity index (χ2v) is 4.95. The molecular formula is C13H19F2N3. The van der Waals surface area contributed by atoms with Crippen LogP contribution in [-0.2, 0) is 0 Å². The first-order valence-corrected chi connectivity index (χ1v) is 6.16. The number of likely N-dealkylation sites (tertiary alicyclic amines) is 1. The van der Waals surface area contributed by atoms with Gasteiger partial charge in [0.25, 0.3) is 6.43 Å². The molecule has 1 heterocycles. The molecule has 0 aromatic heterocycles. The topological polar surface area (TPSA) is 41.3 Å². The monoisotopic (exact) mass is 255 g/mol. The maximum Gasteiger partial charge on any atom is 0.263 e. The van der Waals surface area contributed by atoms with Crippen molar-refractivity contribution < 1.29 is 8.78 Å². The predicted octanol–water partition coefficient (Wildman–Crippen LogP) is 2.57. The highest BCUT2D eigenvalue weighted by Gasteiger charge is 2.19. The van der Waals surface area contributed by atoms with E-state index in [9.17, 15) is 8.78 Å². The van der Waals surface area contributed by atoms with E-state index in [2.05, 4.69) is 17.3 Å². The molecule has 1 atom stereocenters. The molecule has 1 saturated heterocycles. The highest BCUT2D eigenvalue weighted by molar-refractivity contribution is 5.67. The van der Waals surface area contributed by atoms with Crippen molar-refractivity contribution in [2.45, 2.75) is 12.8 Å². The van der Waals surface area contributed by atoms with Gasteiger partial charge in [0.15, 0.2) is 0 Å². The van der Waals surface area contributed by atoms with Crippen LogP contribution in [0, 0.1) is 5.92 Å². The maximum absolute atomic E-state index is 12.5. The highest BCUT2D eigenvalue weighted by Crippen LogP contribution is 2.26. The molecule has 1 unspecified atom stereocenters. The number of nitrogen functional groups attached to an aromatic ring is 1. The van der Waals surface area contributed by atoms with Gasteiger partial charge < -0.3 is 16.0 Å². The lowest BCUT2D eigenvalue weighted by Crippen LogP contribution is -2.19. The molecule has 1 aromatic carbocycles. The number of alkyl halides is 2. The van der Waals surface area contributed by atoms with Gasteiger partial charge >= 0.3 is 0 Å². The van der Waals surface area contributed by atoms with E-state index >= 15 is 0 Å². The number of hydrogen-bond acceptors (Lipinski definition) is 3. The molecule has 18 heavy (non-hydrogen) atoms. The molecule has 1 aromatic rings. The normalized spacial score (nSPS) is 20.6. The van der Waals surface area contributed by atoms with Gasteiger partial charge in [0.1, 0.15) is 0 Å². The SMILES string of the molecule is CN1CCC(CNc2ccc(C(F)F)cc2N)C1. The molecule has 0 spiro atoms. The summed E-state index contributed by atoms with van der Waals surface area (Å²) in [6.45, 7) is 3.02. The van der Waals surface area contributed by atoms with Gasteiger partial charge in [-0.05, 0) is 38.1 Å². The molecule has 0 amide bonds. The van der Waals surface area contributed by atoms with E-state index in [1.165, 1.54) is 18.6 Å². The van der Waals surface area contributed by atoms with Crippen LogP contribution >= 0.6 is 0 Å². The number of rotatable bonds is 4. The van der Waals surface area contributed by atoms with Crippen molar-refractivity contribution in [2.24, 2.45) is 5.92 Å². The Morgan fingerprint density at radius 3 is 2.83 bits per heavy atom. The molecule has 1 aliphatic heterocycles. The third-order valence-electron chi connectivity index (χ3n) is 3.40. The predicted molar refractivity (Wildman–Crippen MR) is 69.9 cm³/mol. The van der Waals surface area contributed by atoms with Crippen molar-refractivity contribution in [1.82, 2.24) is 4.90 Å². The summed E-state index contributed by atoms with van der Waals surface area (Å²) >= 11 is 0. The van der Waals surface area contributed by atoms with Crippen LogP contribution in [0.4, 0.5) is 20.2 Å². The van der Waals surface area contributed by atoms with Crippen molar-refractivity contribution in [3.8, 4) is 0 Å². The molecule has 100 valence electrons. The van der Waals surface area contributed by atoms with Crippen LogP contribution in [0.5, 0.6) is 0 Å². The Bertz CT molecular complexity index is 409. The molecule has 0 bridgehead atoms. The average Bonchev–Trinajstić information content (AvgIpc) is 2.73. The Morgan fingerprint density at radius 2 is 2.28 bits per heavy atom. The fourth-order valence-electron chi connectivity index (χ4n) is 2.33. The van der Waals surface area contributed by atoms with E-state index in [0.717, 1.165) is 25.3 Å². The third-order valence-corrected chi connectivity index (χ3v) is 3.40. The summed E-state index contributed by atoms with van der Waals surface area (Å²) in [5.74, 6) is 0.601. The Balaban J connectivity index is 1.93. The van der Waals surface area contributed by atoms with E-state index in [-0.39, 0.29) is 5.56 Å². The zero-order valence-electron chi connectivity index (χ0n) is 10.5. The minimum atomic E-state index is -2.47. The van der Waals surface area contributed by atoms with E-state index in [1.807, 2.05) is 0 Å². The molecule has 0 radical (unpaired) electrons. The number of hydrogen-bond donors (Lipinski definition) is 2. The average molecular weight is 255 g/mol. The van der Waals surface area contributed by atoms with Gasteiger partial charge in [-0.2, -0.15) is 0 Å². The highest BCUT2D eigenvalue weighted by atomic mass is 19.3.